The molecule has 32 heavy (non-hydrogen) atoms. The smallest absolute Gasteiger partial charge is 0.223 e. The normalized spacial score (nSPS) is 14.0. The molecule has 0 saturated carbocycles. The number of aromatic nitrogens is 2. The lowest BCUT2D eigenvalue weighted by molar-refractivity contribution is -0.132. The highest BCUT2D eigenvalue weighted by atomic mass is 32.1. The second-order valence-electron chi connectivity index (χ2n) is 7.90. The number of amides is 1. The number of fused-ring (bicyclic) bond motifs is 1. The van der Waals surface area contributed by atoms with Crippen molar-refractivity contribution in [1.82, 2.24) is 14.9 Å². The number of ketones is 1. The summed E-state index contributed by atoms with van der Waals surface area (Å²) in [5.41, 5.74) is 1.55. The summed E-state index contributed by atoms with van der Waals surface area (Å²) >= 11 is 1.58. The number of aromatic hydroxyl groups is 1. The van der Waals surface area contributed by atoms with E-state index in [4.69, 9.17) is 14.7 Å². The van der Waals surface area contributed by atoms with Gasteiger partial charge in [-0.25, -0.2) is 9.97 Å². The maximum Gasteiger partial charge on any atom is 0.223 e. The zero-order valence-corrected chi connectivity index (χ0v) is 19.0. The Bertz CT molecular complexity index is 1140. The molecule has 0 atom stereocenters. The van der Waals surface area contributed by atoms with Crippen molar-refractivity contribution in [2.24, 2.45) is 0 Å². The second kappa shape index (κ2) is 9.62. The maximum atomic E-state index is 12.4. The van der Waals surface area contributed by atoms with Crippen LogP contribution in [0.25, 0.3) is 21.6 Å². The Kier molecular flexibility index (Phi) is 6.66. The fraction of sp³-hybridized carbons (Fsp3) is 0.391. The number of hydrogen-bond donors (Lipinski definition) is 1. The molecule has 3 heterocycles. The van der Waals surface area contributed by atoms with E-state index in [1.165, 1.54) is 6.92 Å². The first kappa shape index (κ1) is 22.2. The Morgan fingerprint density at radius 3 is 2.69 bits per heavy atom. The molecule has 1 saturated heterocycles. The minimum absolute atomic E-state index is 0.0125. The van der Waals surface area contributed by atoms with Crippen molar-refractivity contribution < 1.29 is 19.4 Å². The highest BCUT2D eigenvalue weighted by molar-refractivity contribution is 7.19. The van der Waals surface area contributed by atoms with E-state index in [1.807, 2.05) is 12.1 Å². The molecule has 1 N–H and O–H groups in total. The lowest BCUT2D eigenvalue weighted by Gasteiger charge is -2.28. The number of carbonyl (C=O) groups is 2. The van der Waals surface area contributed by atoms with Gasteiger partial charge < -0.3 is 24.4 Å². The first-order valence-electron chi connectivity index (χ1n) is 10.6. The number of Topliss-reactive ketones (excluding diaryl/α,β-unsaturated/α-hetero) is 1. The van der Waals surface area contributed by atoms with Crippen LogP contribution in [0.4, 0.5) is 5.82 Å². The van der Waals surface area contributed by atoms with Crippen LogP contribution in [0, 0.1) is 0 Å². The van der Waals surface area contributed by atoms with E-state index >= 15 is 0 Å². The van der Waals surface area contributed by atoms with Crippen molar-refractivity contribution in [3.8, 4) is 17.1 Å². The molecule has 2 aromatic heterocycles. The first-order valence-corrected chi connectivity index (χ1v) is 11.4. The van der Waals surface area contributed by atoms with E-state index in [1.54, 1.807) is 41.5 Å². The van der Waals surface area contributed by atoms with Gasteiger partial charge in [-0.2, -0.15) is 0 Å². The average Bonchev–Trinajstić information content (AvgIpc) is 3.19. The van der Waals surface area contributed by atoms with Gasteiger partial charge in [-0.3, -0.25) is 4.79 Å². The first-order chi connectivity index (χ1) is 15.4. The van der Waals surface area contributed by atoms with Gasteiger partial charge in [-0.1, -0.05) is 12.1 Å². The van der Waals surface area contributed by atoms with Gasteiger partial charge in [0.2, 0.25) is 5.91 Å². The molecule has 1 aliphatic heterocycles. The lowest BCUT2D eigenvalue weighted by atomic mass is 10.2. The van der Waals surface area contributed by atoms with E-state index in [0.29, 0.717) is 25.6 Å². The van der Waals surface area contributed by atoms with Crippen molar-refractivity contribution in [1.29, 1.82) is 0 Å². The van der Waals surface area contributed by atoms with Gasteiger partial charge in [0.25, 0.3) is 0 Å². The molecule has 168 valence electrons. The van der Waals surface area contributed by atoms with Crippen LogP contribution in [0.5, 0.6) is 5.75 Å². The van der Waals surface area contributed by atoms with E-state index in [0.717, 1.165) is 39.6 Å². The molecule has 9 heteroatoms. The van der Waals surface area contributed by atoms with Crippen LogP contribution in [-0.4, -0.2) is 65.0 Å². The Morgan fingerprint density at radius 2 is 1.97 bits per heavy atom. The minimum atomic E-state index is -0.0578. The molecule has 0 unspecified atom stereocenters. The summed E-state index contributed by atoms with van der Waals surface area (Å²) in [7, 11) is 1.75. The molecule has 1 fully saturated rings. The average molecular weight is 455 g/mol. The lowest BCUT2D eigenvalue weighted by Crippen LogP contribution is -2.36. The molecule has 0 radical (unpaired) electrons. The third kappa shape index (κ3) is 5.05. The third-order valence-electron chi connectivity index (χ3n) is 5.33. The molecular weight excluding hydrogens is 428 g/mol. The number of phenols is 1. The van der Waals surface area contributed by atoms with Crippen molar-refractivity contribution >= 4 is 39.1 Å². The number of anilines is 1. The summed E-state index contributed by atoms with van der Waals surface area (Å²) in [6, 6.07) is 8.91. The standard InChI is InChI=1S/C23H26N4O4S/c1-15(28)6-7-20(30)26(2)14-18-13-19-21(32-18)23(27-8-10-31-11-9-27)25-22(24-19)16-4-3-5-17(29)12-16/h3-5,12-13,29H,6-11,14H2,1-2H3. The number of nitrogens with zero attached hydrogens (tertiary/aromatic N) is 4. The van der Waals surface area contributed by atoms with Crippen LogP contribution in [0.15, 0.2) is 30.3 Å². The molecule has 0 aliphatic carbocycles. The van der Waals surface area contributed by atoms with Gasteiger partial charge in [0.05, 0.1) is 30.0 Å². The number of thiophene rings is 1. The quantitative estimate of drug-likeness (QED) is 0.585. The molecule has 8 nitrogen and oxygen atoms in total. The van der Waals surface area contributed by atoms with Crippen LogP contribution < -0.4 is 4.90 Å². The summed E-state index contributed by atoms with van der Waals surface area (Å²) in [4.78, 5) is 38.0. The highest BCUT2D eigenvalue weighted by Gasteiger charge is 2.21. The Morgan fingerprint density at radius 1 is 1.19 bits per heavy atom. The fourth-order valence-electron chi connectivity index (χ4n) is 3.60. The number of morpholine rings is 1. The van der Waals surface area contributed by atoms with Crippen LogP contribution in [0.3, 0.4) is 0 Å². The molecular formula is C23H26N4O4S. The largest absolute Gasteiger partial charge is 0.508 e. The Balaban J connectivity index is 1.68. The zero-order chi connectivity index (χ0) is 22.7. The molecule has 1 aromatic carbocycles. The molecule has 1 amide bonds. The van der Waals surface area contributed by atoms with Gasteiger partial charge >= 0.3 is 0 Å². The van der Waals surface area contributed by atoms with Crippen LogP contribution in [0.1, 0.15) is 24.6 Å². The number of phenolic OH excluding ortho intramolecular Hbond substituents is 1. The van der Waals surface area contributed by atoms with Crippen LogP contribution in [0.2, 0.25) is 0 Å². The van der Waals surface area contributed by atoms with E-state index < -0.39 is 0 Å². The predicted molar refractivity (Wildman–Crippen MR) is 124 cm³/mol. The molecule has 0 bridgehead atoms. The molecule has 0 spiro atoms. The zero-order valence-electron chi connectivity index (χ0n) is 18.2. The third-order valence-corrected chi connectivity index (χ3v) is 6.43. The van der Waals surface area contributed by atoms with Gasteiger partial charge in [0, 0.05) is 43.4 Å². The van der Waals surface area contributed by atoms with Gasteiger partial charge in [0.1, 0.15) is 11.5 Å². The van der Waals surface area contributed by atoms with Crippen LogP contribution >= 0.6 is 11.3 Å². The summed E-state index contributed by atoms with van der Waals surface area (Å²) < 4.78 is 6.47. The van der Waals surface area contributed by atoms with E-state index in [2.05, 4.69) is 4.90 Å². The Labute approximate surface area is 190 Å². The number of benzene rings is 1. The van der Waals surface area contributed by atoms with Crippen molar-refractivity contribution in [2.75, 3.05) is 38.3 Å². The maximum absolute atomic E-state index is 12.4. The molecule has 3 aromatic rings. The number of carbonyl (C=O) groups excluding carboxylic acids is 2. The number of ether oxygens (including phenoxy) is 1. The van der Waals surface area contributed by atoms with E-state index in [-0.39, 0.29) is 30.3 Å². The van der Waals surface area contributed by atoms with Crippen molar-refractivity contribution in [2.45, 2.75) is 26.3 Å². The van der Waals surface area contributed by atoms with Gasteiger partial charge in [0.15, 0.2) is 11.6 Å². The summed E-state index contributed by atoms with van der Waals surface area (Å²) in [5, 5.41) is 9.90. The number of rotatable bonds is 7. The van der Waals surface area contributed by atoms with Crippen LogP contribution in [-0.2, 0) is 20.9 Å². The summed E-state index contributed by atoms with van der Waals surface area (Å²) in [5.74, 6) is 1.51. The second-order valence-corrected chi connectivity index (χ2v) is 9.04. The van der Waals surface area contributed by atoms with E-state index in [9.17, 15) is 14.7 Å². The summed E-state index contributed by atoms with van der Waals surface area (Å²) in [6.45, 7) is 4.69. The Hall–Kier alpha value is -3.04. The predicted octanol–water partition coefficient (Wildman–Crippen LogP) is 3.23. The number of hydrogen-bond acceptors (Lipinski definition) is 8. The van der Waals surface area contributed by atoms with Gasteiger partial charge in [-0.15, -0.1) is 11.3 Å². The molecule has 4 rings (SSSR count). The van der Waals surface area contributed by atoms with Crippen molar-refractivity contribution in [3.63, 3.8) is 0 Å². The summed E-state index contributed by atoms with van der Waals surface area (Å²) in [6.07, 6.45) is 0.479. The van der Waals surface area contributed by atoms with Gasteiger partial charge in [-0.05, 0) is 25.1 Å². The highest BCUT2D eigenvalue weighted by Crippen LogP contribution is 2.35. The van der Waals surface area contributed by atoms with Crippen molar-refractivity contribution in [3.05, 3.63) is 35.2 Å². The SMILES string of the molecule is CC(=O)CCC(=O)N(C)Cc1cc2nc(-c3cccc(O)c3)nc(N3CCOCC3)c2s1. The topological polar surface area (TPSA) is 95.9 Å². The molecule has 1 aliphatic rings. The monoisotopic (exact) mass is 454 g/mol. The fourth-order valence-corrected chi connectivity index (χ4v) is 4.77. The minimum Gasteiger partial charge on any atom is -0.508 e.